The Kier molecular flexibility index (Phi) is 9.53. The Hall–Kier alpha value is -3.50. The van der Waals surface area contributed by atoms with E-state index in [2.05, 4.69) is 29.0 Å². The molecular formula is C29H27ClN2O5S2. The van der Waals surface area contributed by atoms with E-state index >= 15 is 0 Å². The first-order valence-corrected chi connectivity index (χ1v) is 14.9. The average Bonchev–Trinajstić information content (AvgIpc) is 3.41. The molecule has 0 aliphatic carbocycles. The minimum absolute atomic E-state index is 0.0232. The fraction of sp³-hybridized carbons (Fsp3) is 0.172. The molecule has 1 amide bonds. The summed E-state index contributed by atoms with van der Waals surface area (Å²) >= 11 is 7.01. The number of hydrogen-bond donors (Lipinski definition) is 2. The lowest BCUT2D eigenvalue weighted by atomic mass is 10.0. The third-order valence-corrected chi connectivity index (χ3v) is 9.21. The van der Waals surface area contributed by atoms with Crippen LogP contribution in [0.1, 0.15) is 22.4 Å². The zero-order valence-electron chi connectivity index (χ0n) is 20.9. The fourth-order valence-electron chi connectivity index (χ4n) is 4.07. The van der Waals surface area contributed by atoms with Crippen molar-refractivity contribution in [2.45, 2.75) is 30.1 Å². The third-order valence-electron chi connectivity index (χ3n) is 5.95. The molecule has 0 aliphatic rings. The van der Waals surface area contributed by atoms with Crippen molar-refractivity contribution >= 4 is 44.8 Å². The normalized spacial score (nSPS) is 11.3. The minimum Gasteiger partial charge on any atom is -0.474 e. The van der Waals surface area contributed by atoms with Crippen LogP contribution in [0.15, 0.2) is 95.2 Å². The van der Waals surface area contributed by atoms with Gasteiger partial charge in [0.2, 0.25) is 10.0 Å². The summed E-state index contributed by atoms with van der Waals surface area (Å²) in [4.78, 5) is 25.4. The number of carboxylic acid groups (broad SMARTS) is 1. The van der Waals surface area contributed by atoms with Crippen LogP contribution in [0.5, 0.6) is 0 Å². The van der Waals surface area contributed by atoms with Gasteiger partial charge in [-0.25, -0.2) is 17.9 Å². The summed E-state index contributed by atoms with van der Waals surface area (Å²) in [7, 11) is -3.75. The predicted octanol–water partition coefficient (Wildman–Crippen LogP) is 5.59. The number of carbonyl (C=O) groups excluding carboxylic acids is 1. The van der Waals surface area contributed by atoms with Gasteiger partial charge in [-0.15, -0.1) is 11.3 Å². The average molecular weight is 583 g/mol. The van der Waals surface area contributed by atoms with E-state index in [1.165, 1.54) is 6.07 Å². The molecule has 3 aromatic carbocycles. The summed E-state index contributed by atoms with van der Waals surface area (Å²) in [5.41, 5.74) is 4.03. The SMILES string of the molecule is O=C(O)C(=O)N(Cc1cccc(Cl)c1)Cc1ccc(S(=O)(=O)NCCCc2cccc(-c3ccccc3)c2)s1. The van der Waals surface area contributed by atoms with Gasteiger partial charge >= 0.3 is 11.9 Å². The third kappa shape index (κ3) is 8.00. The maximum absolute atomic E-state index is 12.9. The van der Waals surface area contributed by atoms with Gasteiger partial charge in [-0.2, -0.15) is 0 Å². The minimum atomic E-state index is -3.75. The lowest BCUT2D eigenvalue weighted by Gasteiger charge is -2.20. The number of aryl methyl sites for hydroxylation is 1. The number of nitrogens with one attached hydrogen (secondary N) is 1. The van der Waals surface area contributed by atoms with Gasteiger partial charge in [0.15, 0.2) is 0 Å². The van der Waals surface area contributed by atoms with Crippen molar-refractivity contribution in [1.82, 2.24) is 9.62 Å². The molecule has 1 aromatic heterocycles. The van der Waals surface area contributed by atoms with E-state index < -0.39 is 21.9 Å². The van der Waals surface area contributed by atoms with Crippen molar-refractivity contribution in [2.75, 3.05) is 6.54 Å². The van der Waals surface area contributed by atoms with Gasteiger partial charge in [-0.3, -0.25) is 4.79 Å². The van der Waals surface area contributed by atoms with Crippen molar-refractivity contribution in [1.29, 1.82) is 0 Å². The molecule has 0 unspecified atom stereocenters. The van der Waals surface area contributed by atoms with Gasteiger partial charge in [0.05, 0.1) is 6.54 Å². The van der Waals surface area contributed by atoms with Gasteiger partial charge in [-0.05, 0) is 59.4 Å². The van der Waals surface area contributed by atoms with Gasteiger partial charge in [0.25, 0.3) is 0 Å². The molecule has 202 valence electrons. The topological polar surface area (TPSA) is 104 Å². The van der Waals surface area contributed by atoms with Crippen LogP contribution in [0, 0.1) is 0 Å². The molecule has 0 saturated heterocycles. The van der Waals surface area contributed by atoms with Crippen molar-refractivity contribution < 1.29 is 23.1 Å². The fourth-order valence-corrected chi connectivity index (χ4v) is 6.78. The quantitative estimate of drug-likeness (QED) is 0.177. The number of nitrogens with zero attached hydrogens (tertiary/aromatic N) is 1. The number of carbonyl (C=O) groups is 2. The zero-order chi connectivity index (χ0) is 27.8. The van der Waals surface area contributed by atoms with E-state index in [9.17, 15) is 23.1 Å². The predicted molar refractivity (Wildman–Crippen MR) is 153 cm³/mol. The Morgan fingerprint density at radius 3 is 2.31 bits per heavy atom. The molecule has 0 fully saturated rings. The van der Waals surface area contributed by atoms with E-state index in [-0.39, 0.29) is 23.8 Å². The molecule has 4 rings (SSSR count). The van der Waals surface area contributed by atoms with Crippen LogP contribution in [-0.2, 0) is 39.1 Å². The highest BCUT2D eigenvalue weighted by molar-refractivity contribution is 7.91. The molecule has 10 heteroatoms. The van der Waals surface area contributed by atoms with E-state index in [1.54, 1.807) is 30.3 Å². The number of benzene rings is 3. The molecule has 0 radical (unpaired) electrons. The van der Waals surface area contributed by atoms with Crippen LogP contribution in [0.2, 0.25) is 5.02 Å². The second kappa shape index (κ2) is 13.0. The van der Waals surface area contributed by atoms with Gasteiger partial charge in [0.1, 0.15) is 4.21 Å². The monoisotopic (exact) mass is 582 g/mol. The first-order valence-electron chi connectivity index (χ1n) is 12.2. The van der Waals surface area contributed by atoms with Gasteiger partial charge < -0.3 is 10.0 Å². The molecular weight excluding hydrogens is 556 g/mol. The molecule has 2 N–H and O–H groups in total. The Labute approximate surface area is 236 Å². The lowest BCUT2D eigenvalue weighted by Crippen LogP contribution is -2.35. The van der Waals surface area contributed by atoms with Gasteiger partial charge in [0, 0.05) is 23.0 Å². The molecule has 1 heterocycles. The molecule has 7 nitrogen and oxygen atoms in total. The van der Waals surface area contributed by atoms with E-state index in [0.29, 0.717) is 28.3 Å². The molecule has 0 bridgehead atoms. The van der Waals surface area contributed by atoms with E-state index in [1.807, 2.05) is 30.3 Å². The summed E-state index contributed by atoms with van der Waals surface area (Å²) in [6.07, 6.45) is 1.34. The first kappa shape index (κ1) is 28.5. The maximum atomic E-state index is 12.9. The van der Waals surface area contributed by atoms with Crippen LogP contribution in [-0.4, -0.2) is 36.8 Å². The van der Waals surface area contributed by atoms with Crippen molar-refractivity contribution in [3.8, 4) is 11.1 Å². The maximum Gasteiger partial charge on any atom is 0.394 e. The number of thiophene rings is 1. The smallest absolute Gasteiger partial charge is 0.394 e. The summed E-state index contributed by atoms with van der Waals surface area (Å²) in [5, 5.41) is 9.72. The van der Waals surface area contributed by atoms with E-state index in [0.717, 1.165) is 32.9 Å². The number of hydrogen-bond acceptors (Lipinski definition) is 5. The van der Waals surface area contributed by atoms with Crippen molar-refractivity contribution in [2.24, 2.45) is 0 Å². The second-order valence-electron chi connectivity index (χ2n) is 8.88. The van der Waals surface area contributed by atoms with E-state index in [4.69, 9.17) is 11.6 Å². The Morgan fingerprint density at radius 2 is 1.56 bits per heavy atom. The highest BCUT2D eigenvalue weighted by Gasteiger charge is 2.23. The Bertz CT molecular complexity index is 1550. The zero-order valence-corrected chi connectivity index (χ0v) is 23.3. The molecule has 4 aromatic rings. The first-order chi connectivity index (χ1) is 18.7. The number of carboxylic acids is 1. The Morgan fingerprint density at radius 1 is 0.846 bits per heavy atom. The van der Waals surface area contributed by atoms with Gasteiger partial charge in [-0.1, -0.05) is 78.3 Å². The number of halogens is 1. The second-order valence-corrected chi connectivity index (χ2v) is 12.5. The standard InChI is InChI=1S/C29H27ClN2O5S2/c30-25-13-5-8-22(18-25)19-32(28(33)29(34)35)20-26-14-15-27(38-26)39(36,37)31-16-6-9-21-7-4-12-24(17-21)23-10-2-1-3-11-23/h1-5,7-8,10-15,17-18,31H,6,9,16,19-20H2,(H,34,35). The van der Waals surface area contributed by atoms with Crippen molar-refractivity contribution in [3.05, 3.63) is 112 Å². The summed E-state index contributed by atoms with van der Waals surface area (Å²) in [5.74, 6) is -2.67. The number of sulfonamides is 1. The van der Waals surface area contributed by atoms with Crippen molar-refractivity contribution in [3.63, 3.8) is 0 Å². The number of amides is 1. The summed E-state index contributed by atoms with van der Waals surface area (Å²) in [6.45, 7) is 0.245. The number of rotatable bonds is 11. The largest absolute Gasteiger partial charge is 0.474 e. The Balaban J connectivity index is 1.35. The molecule has 0 aliphatic heterocycles. The van der Waals surface area contributed by atoms with Crippen LogP contribution < -0.4 is 4.72 Å². The van der Waals surface area contributed by atoms with Crippen LogP contribution >= 0.6 is 22.9 Å². The lowest BCUT2D eigenvalue weighted by molar-refractivity contribution is -0.156. The number of aliphatic carboxylic acids is 1. The van der Waals surface area contributed by atoms with Crippen LogP contribution in [0.3, 0.4) is 0 Å². The van der Waals surface area contributed by atoms with Crippen LogP contribution in [0.4, 0.5) is 0 Å². The molecule has 0 atom stereocenters. The summed E-state index contributed by atoms with van der Waals surface area (Å²) < 4.78 is 28.5. The highest BCUT2D eigenvalue weighted by Crippen LogP contribution is 2.25. The highest BCUT2D eigenvalue weighted by atomic mass is 35.5. The summed E-state index contributed by atoms with van der Waals surface area (Å²) in [6, 6.07) is 28.1. The molecule has 0 saturated carbocycles. The van der Waals surface area contributed by atoms with Crippen LogP contribution in [0.25, 0.3) is 11.1 Å². The molecule has 0 spiro atoms. The molecule has 39 heavy (non-hydrogen) atoms.